The monoisotopic (exact) mass is 421 g/mol. The topological polar surface area (TPSA) is 118 Å². The van der Waals surface area contributed by atoms with E-state index in [0.717, 1.165) is 31.5 Å². The highest BCUT2D eigenvalue weighted by Crippen LogP contribution is 2.29. The number of benzene rings is 1. The van der Waals surface area contributed by atoms with Crippen LogP contribution in [0.3, 0.4) is 0 Å². The van der Waals surface area contributed by atoms with Gasteiger partial charge in [-0.2, -0.15) is 0 Å². The van der Waals surface area contributed by atoms with Crippen LogP contribution in [0.4, 0.5) is 11.5 Å². The van der Waals surface area contributed by atoms with E-state index in [9.17, 15) is 9.59 Å². The Labute approximate surface area is 180 Å². The Hall–Kier alpha value is -3.46. The number of hydrogen-bond acceptors (Lipinski definition) is 6. The van der Waals surface area contributed by atoms with Crippen molar-refractivity contribution < 1.29 is 9.59 Å². The normalized spacial score (nSPS) is 16.3. The number of carbonyl (C=O) groups excluding carboxylic acids is 2. The standard InChI is InChI=1S/C22H27N7O2/c1-28(2)18(30)10-14-5-7-15(8-6-14)27-22(31)17-12-29(16-4-3-9-24-11-16)21-19(17)20(23)25-13-26-21/h5-8,12-13,16,24H,3-4,9-11H2,1-2H3,(H,27,31)(H2,23,25,26)/t16-/m1/s1. The molecule has 1 fully saturated rings. The molecule has 1 aliphatic rings. The molecule has 3 aromatic rings. The largest absolute Gasteiger partial charge is 0.383 e. The van der Waals surface area contributed by atoms with Crippen LogP contribution in [0, 0.1) is 0 Å². The summed E-state index contributed by atoms with van der Waals surface area (Å²) < 4.78 is 2.03. The van der Waals surface area contributed by atoms with Crippen LogP contribution in [-0.4, -0.2) is 58.4 Å². The molecule has 0 spiro atoms. The molecule has 9 nitrogen and oxygen atoms in total. The highest BCUT2D eigenvalue weighted by molar-refractivity contribution is 6.14. The summed E-state index contributed by atoms with van der Waals surface area (Å²) in [5, 5.41) is 6.88. The highest BCUT2D eigenvalue weighted by atomic mass is 16.2. The van der Waals surface area contributed by atoms with Gasteiger partial charge in [-0.25, -0.2) is 9.97 Å². The second kappa shape index (κ2) is 8.73. The summed E-state index contributed by atoms with van der Waals surface area (Å²) in [5.74, 6) is 0.0404. The van der Waals surface area contributed by atoms with Gasteiger partial charge in [0.1, 0.15) is 17.8 Å². The Morgan fingerprint density at radius 3 is 2.71 bits per heavy atom. The van der Waals surface area contributed by atoms with Crippen molar-refractivity contribution in [1.82, 2.24) is 24.8 Å². The zero-order valence-corrected chi connectivity index (χ0v) is 17.8. The maximum absolute atomic E-state index is 13.1. The molecule has 1 atom stereocenters. The van der Waals surface area contributed by atoms with Crippen LogP contribution in [0.2, 0.25) is 0 Å². The van der Waals surface area contributed by atoms with Crippen LogP contribution in [-0.2, 0) is 11.2 Å². The summed E-state index contributed by atoms with van der Waals surface area (Å²) in [6.07, 6.45) is 5.65. The molecule has 1 aromatic carbocycles. The van der Waals surface area contributed by atoms with E-state index in [-0.39, 0.29) is 23.7 Å². The lowest BCUT2D eigenvalue weighted by Gasteiger charge is -2.24. The summed E-state index contributed by atoms with van der Waals surface area (Å²) in [6.45, 7) is 1.82. The summed E-state index contributed by atoms with van der Waals surface area (Å²) in [4.78, 5) is 35.0. The molecule has 0 saturated carbocycles. The minimum absolute atomic E-state index is 0.0253. The van der Waals surface area contributed by atoms with Gasteiger partial charge in [0, 0.05) is 38.6 Å². The van der Waals surface area contributed by atoms with Gasteiger partial charge >= 0.3 is 0 Å². The Morgan fingerprint density at radius 1 is 1.26 bits per heavy atom. The minimum Gasteiger partial charge on any atom is -0.383 e. The number of fused-ring (bicyclic) bond motifs is 1. The van der Waals surface area contributed by atoms with Crippen LogP contribution >= 0.6 is 0 Å². The van der Waals surface area contributed by atoms with Crippen LogP contribution in [0.1, 0.15) is 34.8 Å². The van der Waals surface area contributed by atoms with Crippen molar-refractivity contribution in [2.45, 2.75) is 25.3 Å². The van der Waals surface area contributed by atoms with E-state index >= 15 is 0 Å². The third-order valence-electron chi connectivity index (χ3n) is 5.61. The molecule has 31 heavy (non-hydrogen) atoms. The van der Waals surface area contributed by atoms with Crippen molar-refractivity contribution >= 4 is 34.4 Å². The number of nitrogens with two attached hydrogens (primary N) is 1. The van der Waals surface area contributed by atoms with Gasteiger partial charge in [-0.05, 0) is 37.1 Å². The molecule has 9 heteroatoms. The lowest BCUT2D eigenvalue weighted by Crippen LogP contribution is -2.31. The smallest absolute Gasteiger partial charge is 0.258 e. The molecule has 162 valence electrons. The maximum atomic E-state index is 13.1. The number of anilines is 2. The third kappa shape index (κ3) is 4.36. The number of piperidine rings is 1. The van der Waals surface area contributed by atoms with Crippen LogP contribution < -0.4 is 16.4 Å². The average Bonchev–Trinajstić information content (AvgIpc) is 3.17. The molecule has 1 aliphatic heterocycles. The Balaban J connectivity index is 1.58. The fourth-order valence-electron chi connectivity index (χ4n) is 3.87. The minimum atomic E-state index is -0.272. The molecule has 0 aliphatic carbocycles. The first-order valence-electron chi connectivity index (χ1n) is 10.4. The molecule has 1 saturated heterocycles. The SMILES string of the molecule is CN(C)C(=O)Cc1ccc(NC(=O)c2cn([C@@H]3CCCNC3)c3ncnc(N)c23)cc1. The second-order valence-electron chi connectivity index (χ2n) is 8.02. The van der Waals surface area contributed by atoms with E-state index in [1.165, 1.54) is 6.33 Å². The summed E-state index contributed by atoms with van der Waals surface area (Å²) in [7, 11) is 3.46. The first kappa shape index (κ1) is 20.8. The molecule has 2 amide bonds. The summed E-state index contributed by atoms with van der Waals surface area (Å²) >= 11 is 0. The van der Waals surface area contributed by atoms with E-state index in [1.54, 1.807) is 31.1 Å². The van der Waals surface area contributed by atoms with Gasteiger partial charge in [-0.15, -0.1) is 0 Å². The number of rotatable bonds is 5. The number of carbonyl (C=O) groups is 2. The number of nitrogens with zero attached hydrogens (tertiary/aromatic N) is 4. The lowest BCUT2D eigenvalue weighted by molar-refractivity contribution is -0.127. The first-order chi connectivity index (χ1) is 14.9. The van der Waals surface area contributed by atoms with Crippen molar-refractivity contribution in [1.29, 1.82) is 0 Å². The molecule has 0 radical (unpaired) electrons. The van der Waals surface area contributed by atoms with Crippen molar-refractivity contribution in [3.05, 3.63) is 47.9 Å². The second-order valence-corrected chi connectivity index (χ2v) is 8.02. The zero-order valence-electron chi connectivity index (χ0n) is 17.8. The average molecular weight is 422 g/mol. The van der Waals surface area contributed by atoms with Crippen LogP contribution in [0.25, 0.3) is 11.0 Å². The number of aromatic nitrogens is 3. The van der Waals surface area contributed by atoms with Crippen molar-refractivity contribution in [2.75, 3.05) is 38.2 Å². The fourth-order valence-corrected chi connectivity index (χ4v) is 3.87. The van der Waals surface area contributed by atoms with E-state index in [2.05, 4.69) is 20.6 Å². The molecule has 4 N–H and O–H groups in total. The van der Waals surface area contributed by atoms with E-state index in [1.807, 2.05) is 22.9 Å². The molecule has 2 aromatic heterocycles. The van der Waals surface area contributed by atoms with Gasteiger partial charge in [0.05, 0.1) is 17.4 Å². The van der Waals surface area contributed by atoms with Gasteiger partial charge in [-0.3, -0.25) is 9.59 Å². The lowest BCUT2D eigenvalue weighted by atomic mass is 10.1. The zero-order chi connectivity index (χ0) is 22.0. The molecule has 0 bridgehead atoms. The van der Waals surface area contributed by atoms with E-state index < -0.39 is 0 Å². The molecule has 3 heterocycles. The molecule has 0 unspecified atom stereocenters. The predicted octanol–water partition coefficient (Wildman–Crippen LogP) is 1.82. The highest BCUT2D eigenvalue weighted by Gasteiger charge is 2.24. The molecule has 4 rings (SSSR count). The van der Waals surface area contributed by atoms with Crippen LogP contribution in [0.15, 0.2) is 36.8 Å². The summed E-state index contributed by atoms with van der Waals surface area (Å²) in [6, 6.07) is 7.47. The number of likely N-dealkylation sites (N-methyl/N-ethyl adjacent to an activating group) is 1. The Morgan fingerprint density at radius 2 is 2.03 bits per heavy atom. The van der Waals surface area contributed by atoms with Gasteiger partial charge in [0.2, 0.25) is 5.91 Å². The van der Waals surface area contributed by atoms with Crippen molar-refractivity contribution in [3.63, 3.8) is 0 Å². The van der Waals surface area contributed by atoms with Crippen molar-refractivity contribution in [2.24, 2.45) is 0 Å². The van der Waals surface area contributed by atoms with Gasteiger partial charge in [0.25, 0.3) is 5.91 Å². The Bertz CT molecular complexity index is 1100. The Kier molecular flexibility index (Phi) is 5.85. The number of hydrogen-bond donors (Lipinski definition) is 3. The van der Waals surface area contributed by atoms with Gasteiger partial charge in [0.15, 0.2) is 0 Å². The summed E-state index contributed by atoms with van der Waals surface area (Å²) in [5.41, 5.74) is 8.77. The molecular formula is C22H27N7O2. The fraction of sp³-hybridized carbons (Fsp3) is 0.364. The van der Waals surface area contributed by atoms with Gasteiger partial charge < -0.3 is 25.8 Å². The maximum Gasteiger partial charge on any atom is 0.258 e. The third-order valence-corrected chi connectivity index (χ3v) is 5.61. The number of nitrogens with one attached hydrogen (secondary N) is 2. The van der Waals surface area contributed by atoms with Gasteiger partial charge in [-0.1, -0.05) is 12.1 Å². The number of amides is 2. The first-order valence-corrected chi connectivity index (χ1v) is 10.4. The van der Waals surface area contributed by atoms with E-state index in [4.69, 9.17) is 5.73 Å². The predicted molar refractivity (Wildman–Crippen MR) is 120 cm³/mol. The number of nitrogen functional groups attached to an aromatic ring is 1. The quantitative estimate of drug-likeness (QED) is 0.578. The molecular weight excluding hydrogens is 394 g/mol. The van der Waals surface area contributed by atoms with Crippen molar-refractivity contribution in [3.8, 4) is 0 Å². The van der Waals surface area contributed by atoms with E-state index in [0.29, 0.717) is 28.7 Å². The van der Waals surface area contributed by atoms with Crippen LogP contribution in [0.5, 0.6) is 0 Å².